The van der Waals surface area contributed by atoms with Crippen LogP contribution in [0.5, 0.6) is 0 Å². The summed E-state index contributed by atoms with van der Waals surface area (Å²) in [4.78, 5) is 4.02. The molecule has 1 aromatic rings. The molecule has 0 aromatic carbocycles. The van der Waals surface area contributed by atoms with Gasteiger partial charge < -0.3 is 5.32 Å². The number of thiazole rings is 1. The first-order valence-corrected chi connectivity index (χ1v) is 7.10. The van der Waals surface area contributed by atoms with E-state index < -0.39 is 9.84 Å². The number of sulfone groups is 1. The van der Waals surface area contributed by atoms with E-state index in [0.717, 1.165) is 5.13 Å². The Kier molecular flexibility index (Phi) is 3.88. The van der Waals surface area contributed by atoms with E-state index in [1.807, 2.05) is 12.3 Å². The average molecular weight is 234 g/mol. The Morgan fingerprint density at radius 1 is 1.64 bits per heavy atom. The van der Waals surface area contributed by atoms with Gasteiger partial charge in [-0.05, 0) is 6.92 Å². The molecule has 4 nitrogen and oxygen atoms in total. The summed E-state index contributed by atoms with van der Waals surface area (Å²) in [6, 6.07) is -0.0916. The summed E-state index contributed by atoms with van der Waals surface area (Å²) in [5.41, 5.74) is 0. The predicted molar refractivity (Wildman–Crippen MR) is 59.5 cm³/mol. The van der Waals surface area contributed by atoms with E-state index in [-0.39, 0.29) is 17.5 Å². The number of hydrogen-bond donors (Lipinski definition) is 1. The molecular weight excluding hydrogens is 220 g/mol. The summed E-state index contributed by atoms with van der Waals surface area (Å²) in [6.07, 6.45) is 1.69. The summed E-state index contributed by atoms with van der Waals surface area (Å²) in [5, 5.41) is 5.66. The molecule has 0 saturated heterocycles. The van der Waals surface area contributed by atoms with Crippen molar-refractivity contribution in [1.82, 2.24) is 4.98 Å². The van der Waals surface area contributed by atoms with Gasteiger partial charge in [-0.25, -0.2) is 13.4 Å². The maximum absolute atomic E-state index is 11.3. The topological polar surface area (TPSA) is 59.1 Å². The molecule has 80 valence electrons. The lowest BCUT2D eigenvalue weighted by molar-refractivity contribution is 0.593. The molecule has 0 saturated carbocycles. The minimum atomic E-state index is -2.91. The van der Waals surface area contributed by atoms with Gasteiger partial charge in [0.25, 0.3) is 0 Å². The van der Waals surface area contributed by atoms with Crippen molar-refractivity contribution in [2.75, 3.05) is 16.8 Å². The van der Waals surface area contributed by atoms with Crippen LogP contribution in [0.2, 0.25) is 0 Å². The second-order valence-corrected chi connectivity index (χ2v) is 6.37. The van der Waals surface area contributed by atoms with E-state index in [1.54, 1.807) is 13.1 Å². The number of nitrogens with one attached hydrogen (secondary N) is 1. The fourth-order valence-corrected chi connectivity index (χ4v) is 2.77. The van der Waals surface area contributed by atoms with Crippen LogP contribution in [0.15, 0.2) is 11.6 Å². The van der Waals surface area contributed by atoms with Crippen molar-refractivity contribution in [3.05, 3.63) is 11.6 Å². The fraction of sp³-hybridized carbons (Fsp3) is 0.625. The molecule has 1 unspecified atom stereocenters. The van der Waals surface area contributed by atoms with Gasteiger partial charge in [0.2, 0.25) is 0 Å². The lowest BCUT2D eigenvalue weighted by Gasteiger charge is -2.11. The van der Waals surface area contributed by atoms with E-state index in [1.165, 1.54) is 11.3 Å². The molecule has 1 rings (SSSR count). The molecule has 1 heterocycles. The Labute approximate surface area is 88.3 Å². The zero-order valence-electron chi connectivity index (χ0n) is 8.23. The maximum atomic E-state index is 11.3. The molecule has 0 aliphatic heterocycles. The molecular formula is C8H14N2O2S2. The summed E-state index contributed by atoms with van der Waals surface area (Å²) >= 11 is 1.47. The van der Waals surface area contributed by atoms with Crippen LogP contribution < -0.4 is 5.32 Å². The van der Waals surface area contributed by atoms with Crippen molar-refractivity contribution in [1.29, 1.82) is 0 Å². The van der Waals surface area contributed by atoms with Gasteiger partial charge in [-0.1, -0.05) is 6.92 Å². The quantitative estimate of drug-likeness (QED) is 0.836. The third-order valence-electron chi connectivity index (χ3n) is 1.75. The molecule has 1 N–H and O–H groups in total. The molecule has 0 bridgehead atoms. The van der Waals surface area contributed by atoms with Crippen molar-refractivity contribution in [2.45, 2.75) is 19.9 Å². The smallest absolute Gasteiger partial charge is 0.182 e. The molecule has 0 aliphatic rings. The van der Waals surface area contributed by atoms with Crippen LogP contribution >= 0.6 is 11.3 Å². The van der Waals surface area contributed by atoms with Crippen LogP contribution in [0.1, 0.15) is 13.8 Å². The number of aromatic nitrogens is 1. The van der Waals surface area contributed by atoms with Crippen LogP contribution in [0.4, 0.5) is 5.13 Å². The van der Waals surface area contributed by atoms with Gasteiger partial charge in [0, 0.05) is 23.4 Å². The fourth-order valence-electron chi connectivity index (χ4n) is 1.05. The number of anilines is 1. The van der Waals surface area contributed by atoms with Gasteiger partial charge in [-0.3, -0.25) is 0 Å². The highest BCUT2D eigenvalue weighted by molar-refractivity contribution is 7.91. The van der Waals surface area contributed by atoms with Crippen molar-refractivity contribution in [2.24, 2.45) is 0 Å². The minimum absolute atomic E-state index is 0.0916. The number of nitrogens with zero attached hydrogens (tertiary/aromatic N) is 1. The molecule has 14 heavy (non-hydrogen) atoms. The Morgan fingerprint density at radius 2 is 2.36 bits per heavy atom. The summed E-state index contributed by atoms with van der Waals surface area (Å²) in [5.74, 6) is 0.347. The van der Waals surface area contributed by atoms with Crippen molar-refractivity contribution < 1.29 is 8.42 Å². The minimum Gasteiger partial charge on any atom is -0.358 e. The van der Waals surface area contributed by atoms with Crippen molar-refractivity contribution in [3.63, 3.8) is 0 Å². The second kappa shape index (κ2) is 4.75. The first kappa shape index (κ1) is 11.5. The van der Waals surface area contributed by atoms with Gasteiger partial charge in [-0.15, -0.1) is 11.3 Å². The summed E-state index contributed by atoms with van der Waals surface area (Å²) in [6.45, 7) is 3.50. The second-order valence-electron chi connectivity index (χ2n) is 3.08. The van der Waals surface area contributed by atoms with E-state index in [0.29, 0.717) is 0 Å². The highest BCUT2D eigenvalue weighted by atomic mass is 32.2. The standard InChI is InChI=1S/C8H14N2O2S2/c1-3-14(11,12)6-7(2)10-8-9-4-5-13-8/h4-5,7H,3,6H2,1-2H3,(H,9,10). The molecule has 1 atom stereocenters. The number of hydrogen-bond acceptors (Lipinski definition) is 5. The highest BCUT2D eigenvalue weighted by Gasteiger charge is 2.13. The van der Waals surface area contributed by atoms with Crippen LogP contribution in [-0.4, -0.2) is 30.9 Å². The zero-order chi connectivity index (χ0) is 10.6. The summed E-state index contributed by atoms with van der Waals surface area (Å²) < 4.78 is 22.6. The van der Waals surface area contributed by atoms with E-state index in [9.17, 15) is 8.42 Å². The third kappa shape index (κ3) is 3.63. The molecule has 1 aromatic heterocycles. The summed E-state index contributed by atoms with van der Waals surface area (Å²) in [7, 11) is -2.91. The van der Waals surface area contributed by atoms with E-state index in [4.69, 9.17) is 0 Å². The molecule has 0 amide bonds. The monoisotopic (exact) mass is 234 g/mol. The van der Waals surface area contributed by atoms with Crippen LogP contribution in [-0.2, 0) is 9.84 Å². The van der Waals surface area contributed by atoms with E-state index in [2.05, 4.69) is 10.3 Å². The first-order chi connectivity index (χ1) is 6.53. The third-order valence-corrected chi connectivity index (χ3v) is 4.34. The largest absolute Gasteiger partial charge is 0.358 e. The lowest BCUT2D eigenvalue weighted by Crippen LogP contribution is -2.26. The van der Waals surface area contributed by atoms with Crippen molar-refractivity contribution >= 4 is 26.3 Å². The van der Waals surface area contributed by atoms with E-state index >= 15 is 0 Å². The lowest BCUT2D eigenvalue weighted by atomic mass is 10.4. The van der Waals surface area contributed by atoms with Crippen LogP contribution in [0.25, 0.3) is 0 Å². The average Bonchev–Trinajstić information content (AvgIpc) is 2.55. The normalized spacial score (nSPS) is 13.9. The molecule has 0 spiro atoms. The molecule has 0 radical (unpaired) electrons. The van der Waals surface area contributed by atoms with Gasteiger partial charge in [0.05, 0.1) is 5.75 Å². The predicted octanol–water partition coefficient (Wildman–Crippen LogP) is 1.38. The van der Waals surface area contributed by atoms with Gasteiger partial charge in [-0.2, -0.15) is 0 Å². The maximum Gasteiger partial charge on any atom is 0.182 e. The number of rotatable bonds is 5. The molecule has 0 fully saturated rings. The SMILES string of the molecule is CCS(=O)(=O)CC(C)Nc1nccs1. The first-order valence-electron chi connectivity index (χ1n) is 4.40. The van der Waals surface area contributed by atoms with Crippen molar-refractivity contribution in [3.8, 4) is 0 Å². The van der Waals surface area contributed by atoms with Gasteiger partial charge in [0.1, 0.15) is 0 Å². The Morgan fingerprint density at radius 3 is 2.86 bits per heavy atom. The Balaban J connectivity index is 2.48. The highest BCUT2D eigenvalue weighted by Crippen LogP contribution is 2.12. The van der Waals surface area contributed by atoms with Crippen LogP contribution in [0, 0.1) is 0 Å². The Bertz CT molecular complexity index is 359. The van der Waals surface area contributed by atoms with Crippen LogP contribution in [0.3, 0.4) is 0 Å². The van der Waals surface area contributed by atoms with Gasteiger partial charge >= 0.3 is 0 Å². The zero-order valence-corrected chi connectivity index (χ0v) is 9.86. The molecule has 0 aliphatic carbocycles. The van der Waals surface area contributed by atoms with Gasteiger partial charge in [0.15, 0.2) is 15.0 Å². The molecule has 6 heteroatoms. The Hall–Kier alpha value is -0.620.